The number of rotatable bonds is 1. The Hall–Kier alpha value is -2.00. The van der Waals surface area contributed by atoms with Gasteiger partial charge >= 0.3 is 0 Å². The van der Waals surface area contributed by atoms with Crippen LogP contribution in [0.4, 0.5) is 0 Å². The predicted molar refractivity (Wildman–Crippen MR) is 69.3 cm³/mol. The summed E-state index contributed by atoms with van der Waals surface area (Å²) in [5.41, 5.74) is 3.13. The second kappa shape index (κ2) is 4.03. The fraction of sp³-hybridized carbons (Fsp3) is 0.0714. The zero-order valence-electron chi connectivity index (χ0n) is 9.61. The minimum atomic E-state index is -0.253. The van der Waals surface area contributed by atoms with E-state index >= 15 is 0 Å². The molecular weight excluding hydrogens is 250 g/mol. The van der Waals surface area contributed by atoms with Crippen LogP contribution in [0.5, 0.6) is 5.75 Å². The normalized spacial score (nSPS) is 11.0. The highest BCUT2D eigenvalue weighted by atomic mass is 35.5. The predicted octanol–water partition coefficient (Wildman–Crippen LogP) is 4.60. The van der Waals surface area contributed by atoms with Crippen LogP contribution in [0.3, 0.4) is 0 Å². The largest absolute Gasteiger partial charge is 0.354 e. The molecule has 0 bridgehead atoms. The molecule has 18 heavy (non-hydrogen) atoms. The third-order valence-electron chi connectivity index (χ3n) is 2.95. The van der Waals surface area contributed by atoms with Gasteiger partial charge in [0.25, 0.3) is 0 Å². The van der Waals surface area contributed by atoms with Gasteiger partial charge in [0.2, 0.25) is 5.75 Å². The summed E-state index contributed by atoms with van der Waals surface area (Å²) in [5.74, 6) is -0.253. The van der Waals surface area contributed by atoms with E-state index in [9.17, 15) is 5.11 Å². The molecule has 0 aliphatic heterocycles. The molecule has 0 atom stereocenters. The molecule has 0 saturated carbocycles. The average Bonchev–Trinajstić information content (AvgIpc) is 2.79. The lowest BCUT2D eigenvalue weighted by Gasteiger charge is -2.01. The highest BCUT2D eigenvalue weighted by Crippen LogP contribution is 2.37. The van der Waals surface area contributed by atoms with Gasteiger partial charge in [-0.2, -0.15) is 0 Å². The topological polar surface area (TPSA) is 45.9 Å². The Kier molecular flexibility index (Phi) is 2.49. The van der Waals surface area contributed by atoms with Gasteiger partial charge in [-0.15, -0.1) is 0 Å². The minimum Gasteiger partial charge on any atom is -0.354 e. The van der Waals surface area contributed by atoms with E-state index in [1.165, 1.54) is 6.07 Å². The first-order chi connectivity index (χ1) is 8.68. The number of aromatic nitrogens is 1. The molecular formula is C14H9ClNO2. The number of benzene rings is 2. The Labute approximate surface area is 109 Å². The molecule has 0 aliphatic carbocycles. The number of fused-ring (bicyclic) bond motifs is 1. The third kappa shape index (κ3) is 1.56. The summed E-state index contributed by atoms with van der Waals surface area (Å²) in [5, 5.41) is 16.3. The maximum atomic E-state index is 11.4. The van der Waals surface area contributed by atoms with Gasteiger partial charge in [-0.05, 0) is 24.6 Å². The van der Waals surface area contributed by atoms with Gasteiger partial charge < -0.3 is 4.52 Å². The molecule has 2 aromatic carbocycles. The van der Waals surface area contributed by atoms with Crippen molar-refractivity contribution in [2.24, 2.45) is 0 Å². The molecule has 1 radical (unpaired) electrons. The summed E-state index contributed by atoms with van der Waals surface area (Å²) in [4.78, 5) is 0. The first kappa shape index (κ1) is 11.1. The van der Waals surface area contributed by atoms with Crippen LogP contribution >= 0.6 is 11.6 Å². The number of nitrogens with zero attached hydrogens (tertiary/aromatic N) is 1. The van der Waals surface area contributed by atoms with Crippen molar-refractivity contribution in [3.05, 3.63) is 47.0 Å². The Morgan fingerprint density at radius 2 is 1.94 bits per heavy atom. The van der Waals surface area contributed by atoms with Gasteiger partial charge in [0.05, 0.1) is 5.39 Å². The summed E-state index contributed by atoms with van der Waals surface area (Å²) in [7, 11) is 0. The van der Waals surface area contributed by atoms with Crippen LogP contribution in [0.2, 0.25) is 5.02 Å². The SMILES string of the molecule is Cc1ccccc1-c1noc2c(Cl)c([O])ccc12. The molecule has 1 heterocycles. The fourth-order valence-corrected chi connectivity index (χ4v) is 2.19. The van der Waals surface area contributed by atoms with Crippen LogP contribution in [-0.4, -0.2) is 5.16 Å². The number of hydrogen-bond donors (Lipinski definition) is 0. The molecule has 3 aromatic rings. The van der Waals surface area contributed by atoms with E-state index in [1.807, 2.05) is 31.2 Å². The van der Waals surface area contributed by atoms with E-state index in [4.69, 9.17) is 16.1 Å². The van der Waals surface area contributed by atoms with Crippen molar-refractivity contribution in [1.29, 1.82) is 0 Å². The van der Waals surface area contributed by atoms with Crippen LogP contribution in [-0.2, 0) is 5.11 Å². The zero-order chi connectivity index (χ0) is 12.7. The standard InChI is InChI=1S/C14H9ClNO2/c1-8-4-2-3-5-9(8)13-10-6-7-11(17)12(15)14(10)18-16-13/h2-7H,1H3. The molecule has 0 amide bonds. The second-order valence-electron chi connectivity index (χ2n) is 4.10. The lowest BCUT2D eigenvalue weighted by Crippen LogP contribution is -1.82. The summed E-state index contributed by atoms with van der Waals surface area (Å²) < 4.78 is 5.19. The minimum absolute atomic E-state index is 0.0832. The lowest BCUT2D eigenvalue weighted by atomic mass is 10.0. The molecule has 89 valence electrons. The fourth-order valence-electron chi connectivity index (χ4n) is 1.99. The van der Waals surface area contributed by atoms with Crippen LogP contribution in [0, 0.1) is 6.92 Å². The second-order valence-corrected chi connectivity index (χ2v) is 4.48. The Balaban J connectivity index is 2.32. The third-order valence-corrected chi connectivity index (χ3v) is 3.30. The zero-order valence-corrected chi connectivity index (χ0v) is 10.4. The summed E-state index contributed by atoms with van der Waals surface area (Å²) in [6, 6.07) is 11.0. The smallest absolute Gasteiger partial charge is 0.201 e. The van der Waals surface area contributed by atoms with Crippen molar-refractivity contribution in [2.45, 2.75) is 6.92 Å². The molecule has 0 N–H and O–H groups in total. The average molecular weight is 259 g/mol. The molecule has 0 fully saturated rings. The van der Waals surface area contributed by atoms with Crippen LogP contribution in [0.15, 0.2) is 40.9 Å². The van der Waals surface area contributed by atoms with E-state index in [0.29, 0.717) is 11.3 Å². The Morgan fingerprint density at radius 1 is 1.17 bits per heavy atom. The van der Waals surface area contributed by atoms with Crippen LogP contribution in [0.1, 0.15) is 5.56 Å². The maximum Gasteiger partial charge on any atom is 0.201 e. The molecule has 1 aromatic heterocycles. The summed E-state index contributed by atoms with van der Waals surface area (Å²) in [6.07, 6.45) is 0. The molecule has 0 unspecified atom stereocenters. The van der Waals surface area contributed by atoms with E-state index in [2.05, 4.69) is 5.16 Å². The van der Waals surface area contributed by atoms with E-state index < -0.39 is 0 Å². The van der Waals surface area contributed by atoms with Gasteiger partial charge in [0.15, 0.2) is 5.58 Å². The van der Waals surface area contributed by atoms with Crippen molar-refractivity contribution in [2.75, 3.05) is 0 Å². The van der Waals surface area contributed by atoms with Gasteiger partial charge in [-0.3, -0.25) is 5.11 Å². The van der Waals surface area contributed by atoms with E-state index in [1.54, 1.807) is 6.07 Å². The van der Waals surface area contributed by atoms with Crippen molar-refractivity contribution < 1.29 is 9.63 Å². The van der Waals surface area contributed by atoms with Crippen molar-refractivity contribution >= 4 is 22.6 Å². The van der Waals surface area contributed by atoms with Crippen molar-refractivity contribution in [3.63, 3.8) is 0 Å². The quantitative estimate of drug-likeness (QED) is 0.640. The highest BCUT2D eigenvalue weighted by molar-refractivity contribution is 6.36. The van der Waals surface area contributed by atoms with Gasteiger partial charge in [-0.1, -0.05) is 41.0 Å². The van der Waals surface area contributed by atoms with Gasteiger partial charge in [-0.25, -0.2) is 0 Å². The Bertz CT molecular complexity index is 734. The number of aryl methyl sites for hydroxylation is 1. The van der Waals surface area contributed by atoms with E-state index in [-0.39, 0.29) is 10.8 Å². The van der Waals surface area contributed by atoms with Crippen molar-refractivity contribution in [3.8, 4) is 17.0 Å². The highest BCUT2D eigenvalue weighted by Gasteiger charge is 2.16. The van der Waals surface area contributed by atoms with Gasteiger partial charge in [0.1, 0.15) is 10.7 Å². The van der Waals surface area contributed by atoms with E-state index in [0.717, 1.165) is 16.5 Å². The first-order valence-electron chi connectivity index (χ1n) is 5.49. The van der Waals surface area contributed by atoms with Crippen LogP contribution < -0.4 is 0 Å². The molecule has 0 aliphatic rings. The molecule has 3 rings (SSSR count). The molecule has 0 spiro atoms. The van der Waals surface area contributed by atoms with Gasteiger partial charge in [0, 0.05) is 5.56 Å². The summed E-state index contributed by atoms with van der Waals surface area (Å²) >= 11 is 5.92. The number of hydrogen-bond acceptors (Lipinski definition) is 2. The first-order valence-corrected chi connectivity index (χ1v) is 5.87. The molecule has 0 saturated heterocycles. The lowest BCUT2D eigenvalue weighted by molar-refractivity contribution is 0.354. The maximum absolute atomic E-state index is 11.4. The monoisotopic (exact) mass is 258 g/mol. The number of halogens is 1. The molecule has 3 nitrogen and oxygen atoms in total. The summed E-state index contributed by atoms with van der Waals surface area (Å²) in [6.45, 7) is 2.00. The Morgan fingerprint density at radius 3 is 2.72 bits per heavy atom. The molecule has 4 heteroatoms. The van der Waals surface area contributed by atoms with Crippen LogP contribution in [0.25, 0.3) is 22.2 Å². The van der Waals surface area contributed by atoms with Crippen molar-refractivity contribution in [1.82, 2.24) is 5.16 Å².